The molecule has 3 fully saturated rings. The number of benzene rings is 3. The molecular formula is C55H78N7O6S2+3. The molecule has 1 aliphatic carbocycles. The van der Waals surface area contributed by atoms with E-state index in [0.717, 1.165) is 58.2 Å². The summed E-state index contributed by atoms with van der Waals surface area (Å²) in [5.74, 6) is -0.564. The lowest BCUT2D eigenvalue weighted by atomic mass is 9.81. The van der Waals surface area contributed by atoms with E-state index in [2.05, 4.69) is 106 Å². The molecule has 9 rings (SSSR count). The van der Waals surface area contributed by atoms with Gasteiger partial charge in [-0.15, -0.1) is 0 Å². The third-order valence-corrected chi connectivity index (χ3v) is 18.7. The fourth-order valence-electron chi connectivity index (χ4n) is 11.4. The summed E-state index contributed by atoms with van der Waals surface area (Å²) in [5, 5.41) is 6.10. The van der Waals surface area contributed by atoms with E-state index in [0.29, 0.717) is 31.6 Å². The Morgan fingerprint density at radius 1 is 0.900 bits per heavy atom. The predicted octanol–water partition coefficient (Wildman–Crippen LogP) is 6.28. The summed E-state index contributed by atoms with van der Waals surface area (Å²) in [6.45, 7) is 22.5. The van der Waals surface area contributed by atoms with E-state index in [1.807, 2.05) is 36.4 Å². The highest BCUT2D eigenvalue weighted by Crippen LogP contribution is 2.43. The average Bonchev–Trinajstić information content (AvgIpc) is 3.90. The van der Waals surface area contributed by atoms with Crippen LogP contribution >= 0.6 is 0 Å². The Hall–Kier alpha value is -4.74. The lowest BCUT2D eigenvalue weighted by molar-refractivity contribution is -1.07. The molecule has 3 aromatic carbocycles. The monoisotopic (exact) mass is 997 g/mol. The summed E-state index contributed by atoms with van der Waals surface area (Å²) in [6.07, 6.45) is 10.8. The molecule has 0 saturated carbocycles. The molecule has 15 heteroatoms. The Bertz CT molecular complexity index is 2840. The van der Waals surface area contributed by atoms with Crippen LogP contribution in [0.15, 0.2) is 119 Å². The van der Waals surface area contributed by atoms with Gasteiger partial charge in [0.15, 0.2) is 5.71 Å². The normalized spacial score (nSPS) is 24.4. The van der Waals surface area contributed by atoms with Crippen LogP contribution in [0.4, 0.5) is 17.1 Å². The van der Waals surface area contributed by atoms with Gasteiger partial charge in [0.1, 0.15) is 57.2 Å². The molecule has 6 aliphatic rings. The quantitative estimate of drug-likeness (QED) is 0.0730. The van der Waals surface area contributed by atoms with Gasteiger partial charge >= 0.3 is 0 Å². The highest BCUT2D eigenvalue weighted by molar-refractivity contribution is 7.89. The van der Waals surface area contributed by atoms with Crippen LogP contribution in [0.25, 0.3) is 0 Å². The molecule has 2 bridgehead atoms. The molecule has 13 nitrogen and oxygen atoms in total. The minimum absolute atomic E-state index is 0. The number of anilines is 1. The summed E-state index contributed by atoms with van der Waals surface area (Å²) in [7, 11) is -1.99. The number of allylic oxidation sites excluding steroid dienone is 7. The molecule has 1 unspecified atom stereocenters. The molecular weight excluding hydrogens is 919 g/mol. The molecule has 1 atom stereocenters. The number of nitrogens with zero attached hydrogens (tertiary/aromatic N) is 4. The molecule has 70 heavy (non-hydrogen) atoms. The van der Waals surface area contributed by atoms with Gasteiger partial charge in [0.25, 0.3) is 0 Å². The zero-order chi connectivity index (χ0) is 49.6. The van der Waals surface area contributed by atoms with Gasteiger partial charge in [-0.2, -0.15) is 4.58 Å². The molecule has 3 aromatic rings. The predicted molar refractivity (Wildman–Crippen MR) is 280 cm³/mol. The van der Waals surface area contributed by atoms with Gasteiger partial charge in [-0.3, -0.25) is 9.69 Å². The lowest BCUT2D eigenvalue weighted by Gasteiger charge is -2.54. The number of piperazine rings is 3. The number of sulfonamides is 1. The summed E-state index contributed by atoms with van der Waals surface area (Å²) >= 11 is 0. The SMILES string of the molecule is C.C=C(CCCN(C)S(=O)(=O)c1ccc2c(c1)C(C)(C)/C(=C\C1=CC(=C/C3=[N+](CCCS(=O)(=O)[O-])c4ccccc4C3(C)C)/CC1)[NH+]2C)NCC(=O)Nc1ccc(CC[N+]23CC[N+](C)(CC2)CC3)cc1. The van der Waals surface area contributed by atoms with Crippen molar-refractivity contribution in [1.29, 1.82) is 0 Å². The largest absolute Gasteiger partial charge is 0.748 e. The Morgan fingerprint density at radius 2 is 1.59 bits per heavy atom. The Labute approximate surface area is 418 Å². The zero-order valence-corrected chi connectivity index (χ0v) is 43.5. The number of carbonyl (C=O) groups is 1. The number of carbonyl (C=O) groups excluding carboxylic acids is 1. The summed E-state index contributed by atoms with van der Waals surface area (Å²) in [6, 6.07) is 21.9. The van der Waals surface area contributed by atoms with Crippen molar-refractivity contribution in [2.75, 3.05) is 97.7 Å². The van der Waals surface area contributed by atoms with Crippen LogP contribution in [0.2, 0.25) is 0 Å². The van der Waals surface area contributed by atoms with Gasteiger partial charge in [-0.1, -0.05) is 50.4 Å². The van der Waals surface area contributed by atoms with E-state index in [1.54, 1.807) is 13.1 Å². The van der Waals surface area contributed by atoms with Gasteiger partial charge in [-0.05, 0) is 100 Å². The second-order valence-corrected chi connectivity index (χ2v) is 25.2. The van der Waals surface area contributed by atoms with Gasteiger partial charge in [0, 0.05) is 72.9 Å². The molecule has 0 aromatic heterocycles. The van der Waals surface area contributed by atoms with Gasteiger partial charge in [0.05, 0.1) is 53.0 Å². The first-order valence-electron chi connectivity index (χ1n) is 24.7. The van der Waals surface area contributed by atoms with Crippen LogP contribution in [0.3, 0.4) is 0 Å². The molecule has 5 heterocycles. The average molecular weight is 997 g/mol. The van der Waals surface area contributed by atoms with Crippen molar-refractivity contribution in [2.45, 2.75) is 89.4 Å². The summed E-state index contributed by atoms with van der Waals surface area (Å²) < 4.78 is 68.4. The van der Waals surface area contributed by atoms with Crippen LogP contribution < -0.4 is 15.5 Å². The lowest BCUT2D eigenvalue weighted by Crippen LogP contribution is -3.01. The Kier molecular flexibility index (Phi) is 15.5. The third kappa shape index (κ3) is 11.3. The number of para-hydroxylation sites is 1. The summed E-state index contributed by atoms with van der Waals surface area (Å²) in [5.41, 5.74) is 10.8. The fraction of sp³-hybridized carbons (Fsp3) is 0.491. The van der Waals surface area contributed by atoms with E-state index < -0.39 is 31.3 Å². The number of quaternary nitrogens is 3. The highest BCUT2D eigenvalue weighted by atomic mass is 32.2. The van der Waals surface area contributed by atoms with Crippen molar-refractivity contribution in [3.05, 3.63) is 131 Å². The van der Waals surface area contributed by atoms with Gasteiger partial charge in [0.2, 0.25) is 21.6 Å². The first-order chi connectivity index (χ1) is 32.5. The molecule has 1 amide bonds. The minimum atomic E-state index is -4.32. The van der Waals surface area contributed by atoms with Crippen LogP contribution in [-0.4, -0.2) is 143 Å². The van der Waals surface area contributed by atoms with Crippen molar-refractivity contribution < 1.29 is 44.6 Å². The molecule has 0 spiro atoms. The van der Waals surface area contributed by atoms with Crippen molar-refractivity contribution >= 4 is 48.8 Å². The number of amides is 1. The smallest absolute Gasteiger partial charge is 0.243 e. The van der Waals surface area contributed by atoms with Crippen molar-refractivity contribution in [2.24, 2.45) is 0 Å². The van der Waals surface area contributed by atoms with Crippen molar-refractivity contribution in [1.82, 2.24) is 9.62 Å². The fourth-order valence-corrected chi connectivity index (χ4v) is 13.1. The number of hydrogen-bond acceptors (Lipinski definition) is 7. The van der Waals surface area contributed by atoms with Crippen LogP contribution in [0.1, 0.15) is 83.9 Å². The molecule has 3 saturated heterocycles. The first kappa shape index (κ1) is 53.1. The molecule has 5 aliphatic heterocycles. The van der Waals surface area contributed by atoms with Crippen molar-refractivity contribution in [3.8, 4) is 0 Å². The third-order valence-electron chi connectivity index (χ3n) is 16.1. The van der Waals surface area contributed by atoms with Gasteiger partial charge in [-0.25, -0.2) is 21.1 Å². The number of hydrogen-bond donors (Lipinski definition) is 3. The number of likely N-dealkylation sites (N-methyl/N-ethyl adjacent to an activating group) is 2. The van der Waals surface area contributed by atoms with E-state index >= 15 is 0 Å². The molecule has 378 valence electrons. The zero-order valence-electron chi connectivity index (χ0n) is 41.9. The Morgan fingerprint density at radius 3 is 2.27 bits per heavy atom. The van der Waals surface area contributed by atoms with Gasteiger partial charge < -0.3 is 24.2 Å². The molecule has 3 N–H and O–H groups in total. The van der Waals surface area contributed by atoms with E-state index in [-0.39, 0.29) is 36.6 Å². The standard InChI is InChI=1S/C54H72N7O6S2.CH4/c1-40(55-39-52(62)56-44-20-18-41(19-21-44)24-27-61-31-28-60(8,29-32-61)30-33-61)13-11-25-57(6)69(66,67)45-22-23-48-47(38-45)54(4,5)50(58(48)7)36-42-16-17-43(35-42)37-51-53(2,3)46-14-9-10-15-49(46)59(51)26-12-34-68(63,64)65;/h9-10,14-15,18-23,35-38,55H,1,11-13,16-17,24-34,39H2,2-8H3;1H4/q+1;/p+2. The number of nitrogens with one attached hydrogen (secondary N) is 3. The minimum Gasteiger partial charge on any atom is -0.748 e. The topological polar surface area (TPSA) is 143 Å². The first-order valence-corrected chi connectivity index (χ1v) is 27.8. The van der Waals surface area contributed by atoms with E-state index in [9.17, 15) is 26.2 Å². The summed E-state index contributed by atoms with van der Waals surface area (Å²) in [4.78, 5) is 14.2. The second-order valence-electron chi connectivity index (χ2n) is 21.7. The molecule has 0 radical (unpaired) electrons. The number of fused-ring (bicyclic) bond motifs is 5. The maximum atomic E-state index is 14.0. The van der Waals surface area contributed by atoms with Crippen molar-refractivity contribution in [3.63, 3.8) is 0 Å². The maximum Gasteiger partial charge on any atom is 0.243 e. The maximum absolute atomic E-state index is 14.0. The number of rotatable bonds is 19. The van der Waals surface area contributed by atoms with Crippen LogP contribution in [0.5, 0.6) is 0 Å². The van der Waals surface area contributed by atoms with Crippen LogP contribution in [-0.2, 0) is 42.2 Å². The Balaban J connectivity index is 0.00000722. The highest BCUT2D eigenvalue weighted by Gasteiger charge is 2.48. The second kappa shape index (κ2) is 20.4. The van der Waals surface area contributed by atoms with Crippen LogP contribution in [0, 0.1) is 0 Å². The van der Waals surface area contributed by atoms with E-state index in [1.165, 1.54) is 81.4 Å². The van der Waals surface area contributed by atoms with E-state index in [4.69, 9.17) is 0 Å².